The lowest BCUT2D eigenvalue weighted by molar-refractivity contribution is -0.140. The van der Waals surface area contributed by atoms with Crippen LogP contribution in [0.15, 0.2) is 4.99 Å². The van der Waals surface area contributed by atoms with Crippen molar-refractivity contribution >= 4 is 35.9 Å². The van der Waals surface area contributed by atoms with Crippen LogP contribution in [-0.4, -0.2) is 69.9 Å². The van der Waals surface area contributed by atoms with Gasteiger partial charge in [0.1, 0.15) is 0 Å². The molecule has 0 unspecified atom stereocenters. The summed E-state index contributed by atoms with van der Waals surface area (Å²) in [7, 11) is 1.42. The minimum Gasteiger partial charge on any atom is -0.469 e. The number of halogens is 1. The van der Waals surface area contributed by atoms with E-state index in [9.17, 15) is 4.79 Å². The first-order valence-electron chi connectivity index (χ1n) is 8.13. The molecule has 8 heteroatoms. The number of carbonyl (C=O) groups excluding carboxylic acids is 1. The Balaban J connectivity index is 0.00000484. The number of guanidine groups is 1. The van der Waals surface area contributed by atoms with Crippen LogP contribution in [0.2, 0.25) is 0 Å². The van der Waals surface area contributed by atoms with Crippen LogP contribution in [0.4, 0.5) is 0 Å². The number of unbranched alkanes of at least 4 members (excludes halogenated alkanes) is 2. The SMILES string of the molecule is COC(=O)CCCCCNC(N)=NCCCN1CCOCC1.I. The highest BCUT2D eigenvalue weighted by Crippen LogP contribution is 2.00. The third-order valence-corrected chi connectivity index (χ3v) is 3.61. The van der Waals surface area contributed by atoms with Gasteiger partial charge in [0.25, 0.3) is 0 Å². The smallest absolute Gasteiger partial charge is 0.305 e. The van der Waals surface area contributed by atoms with E-state index in [1.807, 2.05) is 0 Å². The predicted molar refractivity (Wildman–Crippen MR) is 102 cm³/mol. The number of hydrogen-bond acceptors (Lipinski definition) is 5. The average molecular weight is 442 g/mol. The number of hydrogen-bond donors (Lipinski definition) is 2. The number of morpholine rings is 1. The summed E-state index contributed by atoms with van der Waals surface area (Å²) in [6, 6.07) is 0. The molecule has 0 atom stereocenters. The van der Waals surface area contributed by atoms with Crippen LogP contribution in [-0.2, 0) is 14.3 Å². The minimum absolute atomic E-state index is 0. The van der Waals surface area contributed by atoms with Crippen molar-refractivity contribution in [1.82, 2.24) is 10.2 Å². The van der Waals surface area contributed by atoms with Gasteiger partial charge in [-0.15, -0.1) is 24.0 Å². The summed E-state index contributed by atoms with van der Waals surface area (Å²) in [5, 5.41) is 3.10. The molecule has 1 fully saturated rings. The molecule has 7 nitrogen and oxygen atoms in total. The number of aliphatic imine (C=N–C) groups is 1. The Bertz CT molecular complexity index is 337. The lowest BCUT2D eigenvalue weighted by atomic mass is 10.2. The summed E-state index contributed by atoms with van der Waals surface area (Å²) in [5.41, 5.74) is 5.81. The van der Waals surface area contributed by atoms with Gasteiger partial charge in [-0.3, -0.25) is 14.7 Å². The van der Waals surface area contributed by atoms with Gasteiger partial charge < -0.3 is 20.5 Å². The molecule has 1 rings (SSSR count). The fourth-order valence-electron chi connectivity index (χ4n) is 2.26. The molecule has 0 aromatic rings. The molecule has 0 bridgehead atoms. The van der Waals surface area contributed by atoms with E-state index in [4.69, 9.17) is 10.5 Å². The Labute approximate surface area is 156 Å². The van der Waals surface area contributed by atoms with Gasteiger partial charge in [-0.05, 0) is 19.3 Å². The first-order chi connectivity index (χ1) is 10.7. The molecule has 0 radical (unpaired) electrons. The molecule has 0 aliphatic carbocycles. The Hall–Kier alpha value is -0.610. The van der Waals surface area contributed by atoms with E-state index >= 15 is 0 Å². The van der Waals surface area contributed by atoms with E-state index in [2.05, 4.69) is 19.9 Å². The van der Waals surface area contributed by atoms with Crippen LogP contribution in [0.3, 0.4) is 0 Å². The molecule has 23 heavy (non-hydrogen) atoms. The molecule has 1 saturated heterocycles. The van der Waals surface area contributed by atoms with Gasteiger partial charge >= 0.3 is 5.97 Å². The molecular weight excluding hydrogens is 411 g/mol. The number of ether oxygens (including phenoxy) is 2. The van der Waals surface area contributed by atoms with Crippen LogP contribution >= 0.6 is 24.0 Å². The van der Waals surface area contributed by atoms with Crippen molar-refractivity contribution in [3.8, 4) is 0 Å². The fraction of sp³-hybridized carbons (Fsp3) is 0.867. The van der Waals surface area contributed by atoms with Crippen molar-refractivity contribution in [2.24, 2.45) is 10.7 Å². The standard InChI is InChI=1S/C15H30N4O3.HI/c1-21-14(20)6-3-2-4-7-17-15(16)18-8-5-9-19-10-12-22-13-11-19;/h2-13H2,1H3,(H3,16,17,18);1H. The maximum Gasteiger partial charge on any atom is 0.305 e. The molecule has 0 aromatic carbocycles. The Kier molecular flexibility index (Phi) is 14.6. The zero-order chi connectivity index (χ0) is 16.0. The molecule has 3 N–H and O–H groups in total. The van der Waals surface area contributed by atoms with Crippen LogP contribution in [0.1, 0.15) is 32.1 Å². The molecular formula is C15H31IN4O3. The van der Waals surface area contributed by atoms with Crippen LogP contribution < -0.4 is 11.1 Å². The number of nitrogens with zero attached hydrogens (tertiary/aromatic N) is 2. The lowest BCUT2D eigenvalue weighted by Gasteiger charge is -2.26. The van der Waals surface area contributed by atoms with Crippen molar-refractivity contribution in [3.63, 3.8) is 0 Å². The Morgan fingerprint density at radius 2 is 2.00 bits per heavy atom. The second-order valence-corrected chi connectivity index (χ2v) is 5.39. The molecule has 0 saturated carbocycles. The maximum atomic E-state index is 10.9. The second kappa shape index (κ2) is 14.9. The predicted octanol–water partition coefficient (Wildman–Crippen LogP) is 0.964. The van der Waals surface area contributed by atoms with E-state index in [1.54, 1.807) is 0 Å². The van der Waals surface area contributed by atoms with Crippen molar-refractivity contribution in [3.05, 3.63) is 0 Å². The van der Waals surface area contributed by atoms with E-state index in [0.717, 1.165) is 71.6 Å². The average Bonchev–Trinajstić information content (AvgIpc) is 2.55. The zero-order valence-electron chi connectivity index (χ0n) is 14.1. The number of esters is 1. The number of nitrogens with one attached hydrogen (secondary N) is 1. The van der Waals surface area contributed by atoms with Crippen molar-refractivity contribution in [1.29, 1.82) is 0 Å². The van der Waals surface area contributed by atoms with E-state index in [0.29, 0.717) is 12.4 Å². The minimum atomic E-state index is -0.144. The summed E-state index contributed by atoms with van der Waals surface area (Å²) in [5.74, 6) is 0.365. The first kappa shape index (κ1) is 22.4. The summed E-state index contributed by atoms with van der Waals surface area (Å²) >= 11 is 0. The molecule has 0 spiro atoms. The molecule has 0 amide bonds. The van der Waals surface area contributed by atoms with Gasteiger partial charge in [0.15, 0.2) is 5.96 Å². The van der Waals surface area contributed by atoms with E-state index in [1.165, 1.54) is 7.11 Å². The molecule has 1 aliphatic heterocycles. The van der Waals surface area contributed by atoms with Crippen molar-refractivity contribution in [2.45, 2.75) is 32.1 Å². The van der Waals surface area contributed by atoms with E-state index < -0.39 is 0 Å². The number of rotatable bonds is 10. The first-order valence-corrected chi connectivity index (χ1v) is 8.13. The highest BCUT2D eigenvalue weighted by atomic mass is 127. The summed E-state index contributed by atoms with van der Waals surface area (Å²) in [6.45, 7) is 6.30. The van der Waals surface area contributed by atoms with Gasteiger partial charge in [-0.1, -0.05) is 6.42 Å². The normalized spacial score (nSPS) is 15.8. The summed E-state index contributed by atoms with van der Waals surface area (Å²) < 4.78 is 9.90. The quantitative estimate of drug-likeness (QED) is 0.172. The monoisotopic (exact) mass is 442 g/mol. The number of nitrogens with two attached hydrogens (primary N) is 1. The fourth-order valence-corrected chi connectivity index (χ4v) is 2.26. The lowest BCUT2D eigenvalue weighted by Crippen LogP contribution is -2.37. The number of carbonyl (C=O) groups is 1. The molecule has 0 aromatic heterocycles. The van der Waals surface area contributed by atoms with Gasteiger partial charge in [0, 0.05) is 39.1 Å². The van der Waals surface area contributed by atoms with Crippen molar-refractivity contribution < 1.29 is 14.3 Å². The molecule has 1 heterocycles. The summed E-state index contributed by atoms with van der Waals surface area (Å²) in [4.78, 5) is 17.6. The van der Waals surface area contributed by atoms with Crippen LogP contribution in [0.5, 0.6) is 0 Å². The molecule has 136 valence electrons. The largest absolute Gasteiger partial charge is 0.469 e. The third-order valence-electron chi connectivity index (χ3n) is 3.61. The zero-order valence-corrected chi connectivity index (χ0v) is 16.4. The number of methoxy groups -OCH3 is 1. The van der Waals surface area contributed by atoms with Gasteiger partial charge in [-0.25, -0.2) is 0 Å². The third kappa shape index (κ3) is 12.5. The van der Waals surface area contributed by atoms with Gasteiger partial charge in [0.2, 0.25) is 0 Å². The summed E-state index contributed by atoms with van der Waals surface area (Å²) in [6.07, 6.45) is 4.31. The van der Waals surface area contributed by atoms with E-state index in [-0.39, 0.29) is 29.9 Å². The van der Waals surface area contributed by atoms with Crippen LogP contribution in [0, 0.1) is 0 Å². The Morgan fingerprint density at radius 3 is 2.70 bits per heavy atom. The second-order valence-electron chi connectivity index (χ2n) is 5.39. The van der Waals surface area contributed by atoms with Gasteiger partial charge in [-0.2, -0.15) is 0 Å². The molecule has 1 aliphatic rings. The maximum absolute atomic E-state index is 10.9. The van der Waals surface area contributed by atoms with Crippen LogP contribution in [0.25, 0.3) is 0 Å². The van der Waals surface area contributed by atoms with Crippen molar-refractivity contribution in [2.75, 3.05) is 53.0 Å². The highest BCUT2D eigenvalue weighted by molar-refractivity contribution is 14.0. The van der Waals surface area contributed by atoms with Gasteiger partial charge in [0.05, 0.1) is 20.3 Å². The highest BCUT2D eigenvalue weighted by Gasteiger charge is 2.08. The Morgan fingerprint density at radius 1 is 1.26 bits per heavy atom. The topological polar surface area (TPSA) is 89.2 Å².